The molecule has 11 heteroatoms. The quantitative estimate of drug-likeness (QED) is 0.440. The molecule has 2 aromatic heterocycles. The summed E-state index contributed by atoms with van der Waals surface area (Å²) in [5.74, 6) is -0.942. The Morgan fingerprint density at radius 3 is 2.53 bits per heavy atom. The van der Waals surface area contributed by atoms with Gasteiger partial charge in [-0.25, -0.2) is 4.98 Å². The molecule has 0 bridgehead atoms. The van der Waals surface area contributed by atoms with E-state index in [4.69, 9.17) is 23.2 Å². The normalized spacial score (nSPS) is 10.7. The second-order valence-corrected chi connectivity index (χ2v) is 9.29. The number of pyridine rings is 1. The Kier molecular flexibility index (Phi) is 8.98. The minimum absolute atomic E-state index is 0.0765. The van der Waals surface area contributed by atoms with E-state index in [1.807, 2.05) is 26.0 Å². The summed E-state index contributed by atoms with van der Waals surface area (Å²) in [6.07, 6.45) is 1.74. The van der Waals surface area contributed by atoms with Crippen LogP contribution in [0, 0.1) is 0 Å². The number of benzene rings is 1. The van der Waals surface area contributed by atoms with E-state index in [0.29, 0.717) is 28.0 Å². The van der Waals surface area contributed by atoms with Crippen molar-refractivity contribution in [1.82, 2.24) is 20.2 Å². The fourth-order valence-corrected chi connectivity index (χ4v) is 3.99. The lowest BCUT2D eigenvalue weighted by molar-refractivity contribution is -0.120. The van der Waals surface area contributed by atoms with Crippen molar-refractivity contribution in [3.63, 3.8) is 0 Å². The Bertz CT molecular complexity index is 1170. The maximum absolute atomic E-state index is 12.9. The Morgan fingerprint density at radius 1 is 1.06 bits per heavy atom. The molecule has 0 atom stereocenters. The first-order valence-corrected chi connectivity index (χ1v) is 12.0. The summed E-state index contributed by atoms with van der Waals surface area (Å²) in [6, 6.07) is 9.83. The maximum Gasteiger partial charge on any atom is 0.254 e. The minimum atomic E-state index is -0.400. The fraction of sp³-hybridized carbons (Fsp3) is 0.261. The number of thiazole rings is 1. The monoisotopic (exact) mass is 519 g/mol. The van der Waals surface area contributed by atoms with E-state index in [0.717, 1.165) is 5.69 Å². The number of halogens is 2. The molecule has 34 heavy (non-hydrogen) atoms. The standard InChI is InChI=1S/C23H23Cl2N5O3S/c1-14(2)30(22(33)15-6-7-18(24)19(25)9-15)12-21(32)29-23-28-17(13-34-23)10-20(31)27-11-16-5-3-4-8-26-16/h3-9,13-14H,10-12H2,1-2H3,(H,27,31)(H,28,29,32). The van der Waals surface area contributed by atoms with Gasteiger partial charge in [-0.15, -0.1) is 11.3 Å². The molecule has 0 saturated heterocycles. The summed E-state index contributed by atoms with van der Waals surface area (Å²) < 4.78 is 0. The molecule has 0 radical (unpaired) electrons. The number of nitrogens with zero attached hydrogens (tertiary/aromatic N) is 3. The van der Waals surface area contributed by atoms with Gasteiger partial charge in [-0.3, -0.25) is 19.4 Å². The summed E-state index contributed by atoms with van der Waals surface area (Å²) in [5, 5.41) is 8.14. The number of aromatic nitrogens is 2. The van der Waals surface area contributed by atoms with Gasteiger partial charge in [-0.1, -0.05) is 29.3 Å². The highest BCUT2D eigenvalue weighted by molar-refractivity contribution is 7.13. The molecule has 0 spiro atoms. The lowest BCUT2D eigenvalue weighted by atomic mass is 10.1. The molecule has 3 rings (SSSR count). The molecule has 0 aliphatic carbocycles. The number of nitrogens with one attached hydrogen (secondary N) is 2. The minimum Gasteiger partial charge on any atom is -0.350 e. The summed E-state index contributed by atoms with van der Waals surface area (Å²) in [4.78, 5) is 47.6. The third-order valence-electron chi connectivity index (χ3n) is 4.70. The van der Waals surface area contributed by atoms with Crippen LogP contribution in [0.15, 0.2) is 48.0 Å². The van der Waals surface area contributed by atoms with Gasteiger partial charge in [0.05, 0.1) is 34.4 Å². The molecular formula is C23H23Cl2N5O3S. The molecule has 178 valence electrons. The van der Waals surface area contributed by atoms with Gasteiger partial charge in [0.15, 0.2) is 5.13 Å². The molecule has 2 heterocycles. The van der Waals surface area contributed by atoms with Crippen LogP contribution in [0.4, 0.5) is 5.13 Å². The first-order valence-electron chi connectivity index (χ1n) is 10.4. The zero-order chi connectivity index (χ0) is 24.7. The Morgan fingerprint density at radius 2 is 1.85 bits per heavy atom. The van der Waals surface area contributed by atoms with Crippen LogP contribution in [-0.2, 0) is 22.6 Å². The van der Waals surface area contributed by atoms with Crippen molar-refractivity contribution in [3.05, 3.63) is 75.0 Å². The van der Waals surface area contributed by atoms with E-state index in [-0.39, 0.29) is 35.8 Å². The van der Waals surface area contributed by atoms with Crippen molar-refractivity contribution in [2.24, 2.45) is 0 Å². The summed E-state index contributed by atoms with van der Waals surface area (Å²) in [5.41, 5.74) is 1.63. The topological polar surface area (TPSA) is 104 Å². The third-order valence-corrected chi connectivity index (χ3v) is 6.24. The molecule has 2 N–H and O–H groups in total. The first kappa shape index (κ1) is 25.6. The molecule has 3 aromatic rings. The molecular weight excluding hydrogens is 497 g/mol. The number of anilines is 1. The van der Waals surface area contributed by atoms with Crippen LogP contribution in [0.3, 0.4) is 0 Å². The van der Waals surface area contributed by atoms with Gasteiger partial charge in [0.1, 0.15) is 6.54 Å². The highest BCUT2D eigenvalue weighted by Crippen LogP contribution is 2.24. The van der Waals surface area contributed by atoms with Gasteiger partial charge in [0.25, 0.3) is 5.91 Å². The van der Waals surface area contributed by atoms with Gasteiger partial charge in [-0.05, 0) is 44.2 Å². The van der Waals surface area contributed by atoms with Crippen molar-refractivity contribution in [1.29, 1.82) is 0 Å². The summed E-state index contributed by atoms with van der Waals surface area (Å²) in [7, 11) is 0. The average molecular weight is 520 g/mol. The number of rotatable bonds is 9. The number of hydrogen-bond acceptors (Lipinski definition) is 6. The van der Waals surface area contributed by atoms with E-state index < -0.39 is 5.91 Å². The van der Waals surface area contributed by atoms with Crippen molar-refractivity contribution in [2.45, 2.75) is 32.9 Å². The molecule has 0 unspecified atom stereocenters. The second-order valence-electron chi connectivity index (χ2n) is 7.62. The van der Waals surface area contributed by atoms with Crippen LogP contribution < -0.4 is 10.6 Å². The van der Waals surface area contributed by atoms with Gasteiger partial charge in [0.2, 0.25) is 11.8 Å². The van der Waals surface area contributed by atoms with Gasteiger partial charge < -0.3 is 15.5 Å². The second kappa shape index (κ2) is 11.9. The Balaban J connectivity index is 1.54. The number of amides is 3. The number of hydrogen-bond donors (Lipinski definition) is 2. The maximum atomic E-state index is 12.9. The van der Waals surface area contributed by atoms with Crippen molar-refractivity contribution in [3.8, 4) is 0 Å². The highest BCUT2D eigenvalue weighted by atomic mass is 35.5. The zero-order valence-electron chi connectivity index (χ0n) is 18.5. The highest BCUT2D eigenvalue weighted by Gasteiger charge is 2.23. The van der Waals surface area contributed by atoms with Crippen LogP contribution in [-0.4, -0.2) is 45.2 Å². The smallest absolute Gasteiger partial charge is 0.254 e. The molecule has 1 aromatic carbocycles. The lowest BCUT2D eigenvalue weighted by Gasteiger charge is -2.26. The SMILES string of the molecule is CC(C)N(CC(=O)Nc1nc(CC(=O)NCc2ccccn2)cs1)C(=O)c1ccc(Cl)c(Cl)c1. The van der Waals surface area contributed by atoms with Crippen molar-refractivity contribution in [2.75, 3.05) is 11.9 Å². The predicted octanol–water partition coefficient (Wildman–Crippen LogP) is 4.19. The molecule has 0 saturated carbocycles. The summed E-state index contributed by atoms with van der Waals surface area (Å²) in [6.45, 7) is 3.78. The van der Waals surface area contributed by atoms with E-state index in [9.17, 15) is 14.4 Å². The molecule has 0 aliphatic heterocycles. The molecule has 0 aliphatic rings. The largest absolute Gasteiger partial charge is 0.350 e. The van der Waals surface area contributed by atoms with Crippen molar-refractivity contribution < 1.29 is 14.4 Å². The van der Waals surface area contributed by atoms with Crippen molar-refractivity contribution >= 4 is 57.4 Å². The van der Waals surface area contributed by atoms with Gasteiger partial charge >= 0.3 is 0 Å². The fourth-order valence-electron chi connectivity index (χ4n) is 2.96. The van der Waals surface area contributed by atoms with Crippen LogP contribution >= 0.6 is 34.5 Å². The van der Waals surface area contributed by atoms with Gasteiger partial charge in [-0.2, -0.15) is 0 Å². The summed E-state index contributed by atoms with van der Waals surface area (Å²) >= 11 is 13.2. The van der Waals surface area contributed by atoms with Crippen LogP contribution in [0.1, 0.15) is 35.6 Å². The Hall–Kier alpha value is -3.01. The van der Waals surface area contributed by atoms with Crippen LogP contribution in [0.5, 0.6) is 0 Å². The van der Waals surface area contributed by atoms with E-state index in [2.05, 4.69) is 20.6 Å². The van der Waals surface area contributed by atoms with E-state index in [1.165, 1.54) is 22.3 Å². The van der Waals surface area contributed by atoms with E-state index >= 15 is 0 Å². The lowest BCUT2D eigenvalue weighted by Crippen LogP contribution is -2.42. The van der Waals surface area contributed by atoms with Gasteiger partial charge in [0, 0.05) is 23.2 Å². The van der Waals surface area contributed by atoms with Crippen LogP contribution in [0.25, 0.3) is 0 Å². The Labute approximate surface area is 211 Å². The molecule has 8 nitrogen and oxygen atoms in total. The number of carbonyl (C=O) groups excluding carboxylic acids is 3. The van der Waals surface area contributed by atoms with Crippen LogP contribution in [0.2, 0.25) is 10.0 Å². The average Bonchev–Trinajstić information content (AvgIpc) is 3.24. The molecule has 0 fully saturated rings. The zero-order valence-corrected chi connectivity index (χ0v) is 20.9. The first-order chi connectivity index (χ1) is 16.2. The van der Waals surface area contributed by atoms with E-state index in [1.54, 1.807) is 29.8 Å². The predicted molar refractivity (Wildman–Crippen MR) is 133 cm³/mol. The third kappa shape index (κ3) is 7.24. The number of carbonyl (C=O) groups is 3. The molecule has 3 amide bonds.